The number of fused-ring (bicyclic) bond motifs is 1. The third-order valence-electron chi connectivity index (χ3n) is 1.51. The van der Waals surface area contributed by atoms with Gasteiger partial charge in [0.1, 0.15) is 0 Å². The third-order valence-corrected chi connectivity index (χ3v) is 1.51. The van der Waals surface area contributed by atoms with Crippen molar-refractivity contribution in [3.8, 4) is 0 Å². The Bertz CT molecular complexity index is 286. The topological polar surface area (TPSA) is 12.9 Å². The first kappa shape index (κ1) is 11.5. The quantitative estimate of drug-likeness (QED) is 0.668. The van der Waals surface area contributed by atoms with Gasteiger partial charge >= 0.3 is 0 Å². The van der Waals surface area contributed by atoms with Gasteiger partial charge in [-0.05, 0) is 12.1 Å². The van der Waals surface area contributed by atoms with Crippen molar-refractivity contribution in [3.63, 3.8) is 0 Å². The summed E-state index contributed by atoms with van der Waals surface area (Å²) in [5.41, 5.74) is 1.06. The fourth-order valence-electron chi connectivity index (χ4n) is 1.02. The van der Waals surface area contributed by atoms with Crippen LogP contribution in [0.15, 0.2) is 42.6 Å². The van der Waals surface area contributed by atoms with Gasteiger partial charge in [0.05, 0.1) is 5.52 Å². The summed E-state index contributed by atoms with van der Waals surface area (Å²) in [6, 6.07) is 12.1. The summed E-state index contributed by atoms with van der Waals surface area (Å²) in [7, 11) is 0. The maximum Gasteiger partial charge on any atom is 0.0701 e. The Morgan fingerprint density at radius 2 is 1.58 bits per heavy atom. The first-order valence-electron chi connectivity index (χ1n) is 3.26. The predicted octanol–water partition coefficient (Wildman–Crippen LogP) is 2.65. The second-order valence-electron chi connectivity index (χ2n) is 2.20. The minimum atomic E-state index is 0. The Balaban J connectivity index is 0.000000605. The first-order valence-corrected chi connectivity index (χ1v) is 3.26. The number of pyridine rings is 1. The molecule has 3 heteroatoms. The van der Waals surface area contributed by atoms with Crippen LogP contribution in [0.25, 0.3) is 10.9 Å². The van der Waals surface area contributed by atoms with Gasteiger partial charge < -0.3 is 0 Å². The van der Waals surface area contributed by atoms with Crippen molar-refractivity contribution < 1.29 is 19.5 Å². The molecule has 0 aliphatic carbocycles. The maximum absolute atomic E-state index is 4.18. The Morgan fingerprint density at radius 3 is 2.33 bits per heavy atom. The second-order valence-corrected chi connectivity index (χ2v) is 2.20. The Kier molecular flexibility index (Phi) is 5.04. The summed E-state index contributed by atoms with van der Waals surface area (Å²) in [4.78, 5) is 4.18. The molecule has 0 spiro atoms. The Hall–Kier alpha value is -0.457. The third kappa shape index (κ3) is 2.26. The molecule has 0 aliphatic rings. The van der Waals surface area contributed by atoms with Crippen molar-refractivity contribution in [1.29, 1.82) is 0 Å². The van der Waals surface area contributed by atoms with Crippen LogP contribution in [0.1, 0.15) is 0 Å². The van der Waals surface area contributed by atoms with Crippen molar-refractivity contribution in [2.45, 2.75) is 0 Å². The molecule has 0 N–H and O–H groups in total. The fourth-order valence-corrected chi connectivity index (χ4v) is 1.02. The van der Waals surface area contributed by atoms with Crippen LogP contribution in [-0.4, -0.2) is 4.98 Å². The molecular weight excluding hydrogens is 259 g/mol. The van der Waals surface area contributed by atoms with Crippen molar-refractivity contribution in [2.24, 2.45) is 0 Å². The van der Waals surface area contributed by atoms with Gasteiger partial charge in [0.2, 0.25) is 0 Å². The molecule has 1 aromatic carbocycles. The van der Waals surface area contributed by atoms with E-state index in [-0.39, 0.29) is 31.9 Å². The van der Waals surface area contributed by atoms with Gasteiger partial charge in [-0.2, -0.15) is 0 Å². The van der Waals surface area contributed by atoms with Gasteiger partial charge in [-0.3, -0.25) is 4.98 Å². The summed E-state index contributed by atoms with van der Waals surface area (Å²) >= 11 is 0. The number of para-hydroxylation sites is 1. The van der Waals surface area contributed by atoms with Crippen molar-refractivity contribution in [1.82, 2.24) is 4.98 Å². The van der Waals surface area contributed by atoms with Crippen LogP contribution < -0.4 is 0 Å². The molecule has 0 fully saturated rings. The van der Waals surface area contributed by atoms with Crippen LogP contribution in [0.2, 0.25) is 0 Å². The molecule has 0 bridgehead atoms. The second kappa shape index (κ2) is 5.24. The van der Waals surface area contributed by atoms with E-state index in [0.29, 0.717) is 0 Å². The van der Waals surface area contributed by atoms with Gasteiger partial charge in [-0.1, -0.05) is 24.3 Å². The van der Waals surface area contributed by atoms with Crippen LogP contribution in [0.5, 0.6) is 0 Å². The molecule has 1 nitrogen and oxygen atoms in total. The van der Waals surface area contributed by atoms with E-state index >= 15 is 0 Å². The summed E-state index contributed by atoms with van der Waals surface area (Å²) in [5, 5.41) is 1.20. The molecule has 0 unspecified atom stereocenters. The zero-order valence-electron chi connectivity index (χ0n) is 6.25. The van der Waals surface area contributed by atoms with E-state index in [2.05, 4.69) is 17.1 Å². The van der Waals surface area contributed by atoms with Gasteiger partial charge in [0, 0.05) is 31.1 Å². The zero-order chi connectivity index (χ0) is 6.81. The van der Waals surface area contributed by atoms with Crippen LogP contribution in [0.4, 0.5) is 0 Å². The minimum Gasteiger partial charge on any atom is -0.256 e. The summed E-state index contributed by atoms with van der Waals surface area (Å²) in [6.07, 6.45) is 1.81. The van der Waals surface area contributed by atoms with Gasteiger partial charge in [-0.15, -0.1) is 12.4 Å². The van der Waals surface area contributed by atoms with E-state index in [9.17, 15) is 0 Å². The van der Waals surface area contributed by atoms with E-state index < -0.39 is 0 Å². The van der Waals surface area contributed by atoms with Crippen LogP contribution in [0, 0.1) is 0 Å². The predicted molar refractivity (Wildman–Crippen MR) is 49.0 cm³/mol. The number of rotatable bonds is 0. The van der Waals surface area contributed by atoms with Crippen LogP contribution in [-0.2, 0) is 19.5 Å². The zero-order valence-corrected chi connectivity index (χ0v) is 8.81. The van der Waals surface area contributed by atoms with Gasteiger partial charge in [0.15, 0.2) is 0 Å². The molecule has 0 saturated heterocycles. The number of hydrogen-bond donors (Lipinski definition) is 0. The number of halogens is 1. The van der Waals surface area contributed by atoms with Crippen molar-refractivity contribution >= 4 is 23.3 Å². The molecular formula is C9H8ClNRu. The molecule has 0 aliphatic heterocycles. The van der Waals surface area contributed by atoms with Crippen LogP contribution in [0.3, 0.4) is 0 Å². The van der Waals surface area contributed by atoms with Crippen molar-refractivity contribution in [3.05, 3.63) is 42.6 Å². The average molecular weight is 267 g/mol. The minimum absolute atomic E-state index is 0. The fraction of sp³-hybridized carbons (Fsp3) is 0. The van der Waals surface area contributed by atoms with Gasteiger partial charge in [0.25, 0.3) is 0 Å². The Morgan fingerprint density at radius 1 is 0.917 bits per heavy atom. The molecule has 2 aromatic rings. The molecule has 2 rings (SSSR count). The number of hydrogen-bond acceptors (Lipinski definition) is 1. The molecule has 0 radical (unpaired) electrons. The molecule has 0 amide bonds. The molecule has 0 atom stereocenters. The average Bonchev–Trinajstić information content (AvgIpc) is 2.05. The standard InChI is InChI=1S/C9H7N.ClH.Ru/c1-2-6-9-8(4-1)5-3-7-10-9;;/h1-7H;1H;. The van der Waals surface area contributed by atoms with Gasteiger partial charge in [-0.25, -0.2) is 0 Å². The van der Waals surface area contributed by atoms with Crippen LogP contribution >= 0.6 is 12.4 Å². The normalized spacial score (nSPS) is 8.33. The molecule has 0 saturated carbocycles. The number of nitrogens with zero attached hydrogens (tertiary/aromatic N) is 1. The van der Waals surface area contributed by atoms with E-state index in [0.717, 1.165) is 5.52 Å². The maximum atomic E-state index is 4.18. The molecule has 1 heterocycles. The largest absolute Gasteiger partial charge is 0.256 e. The summed E-state index contributed by atoms with van der Waals surface area (Å²) in [6.45, 7) is 0. The summed E-state index contributed by atoms with van der Waals surface area (Å²) in [5.74, 6) is 0. The molecule has 64 valence electrons. The summed E-state index contributed by atoms with van der Waals surface area (Å²) < 4.78 is 0. The Labute approximate surface area is 90.4 Å². The molecule has 12 heavy (non-hydrogen) atoms. The number of benzene rings is 1. The first-order chi connectivity index (χ1) is 4.97. The SMILES string of the molecule is Cl.[Ru].c1ccc2ncccc2c1. The smallest absolute Gasteiger partial charge is 0.0701 e. The van der Waals surface area contributed by atoms with E-state index in [1.807, 2.05) is 30.5 Å². The number of aromatic nitrogens is 1. The van der Waals surface area contributed by atoms with Crippen molar-refractivity contribution in [2.75, 3.05) is 0 Å². The van der Waals surface area contributed by atoms with E-state index in [1.54, 1.807) is 0 Å². The van der Waals surface area contributed by atoms with E-state index in [4.69, 9.17) is 0 Å². The molecule has 1 aromatic heterocycles. The van der Waals surface area contributed by atoms with E-state index in [1.165, 1.54) is 5.39 Å². The monoisotopic (exact) mass is 267 g/mol.